The average molecular weight is 290 g/mol. The fourth-order valence-corrected chi connectivity index (χ4v) is 1.84. The van der Waals surface area contributed by atoms with Gasteiger partial charge in [-0.2, -0.15) is 0 Å². The Morgan fingerprint density at radius 1 is 1.19 bits per heavy atom. The van der Waals surface area contributed by atoms with Crippen LogP contribution in [0.5, 0.6) is 5.75 Å². The second-order valence-corrected chi connectivity index (χ2v) is 5.17. The van der Waals surface area contributed by atoms with Gasteiger partial charge in [-0.05, 0) is 19.1 Å². The molecule has 1 aromatic carbocycles. The van der Waals surface area contributed by atoms with Crippen LogP contribution in [0.3, 0.4) is 0 Å². The number of hydrogen-bond acceptors (Lipinski definition) is 5. The minimum Gasteiger partial charge on any atom is -0.440 e. The summed E-state index contributed by atoms with van der Waals surface area (Å²) in [4.78, 5) is 26.8. The molecular weight excluding hydrogens is 272 g/mol. The number of anilines is 1. The molecule has 0 saturated carbocycles. The van der Waals surface area contributed by atoms with Crippen molar-refractivity contribution in [1.82, 2.24) is 4.90 Å². The summed E-state index contributed by atoms with van der Waals surface area (Å²) >= 11 is 0. The molecule has 2 aromatic rings. The molecule has 0 radical (unpaired) electrons. The maximum absolute atomic E-state index is 12.1. The lowest BCUT2D eigenvalue weighted by Gasteiger charge is -2.15. The van der Waals surface area contributed by atoms with E-state index in [4.69, 9.17) is 9.15 Å². The van der Waals surface area contributed by atoms with E-state index in [1.807, 2.05) is 0 Å². The van der Waals surface area contributed by atoms with E-state index in [-0.39, 0.29) is 5.43 Å². The lowest BCUT2D eigenvalue weighted by atomic mass is 10.1. The van der Waals surface area contributed by atoms with Crippen LogP contribution in [0.1, 0.15) is 5.56 Å². The molecule has 2 rings (SSSR count). The molecule has 21 heavy (non-hydrogen) atoms. The molecule has 1 heterocycles. The lowest BCUT2D eigenvalue weighted by Crippen LogP contribution is -2.25. The summed E-state index contributed by atoms with van der Waals surface area (Å²) in [7, 11) is 6.77. The standard InChI is InChI=1S/C15H18N2O4/c1-9-12(20-15(19)17(4)5)7-6-10-11(18)8-13(16(2)3)21-14(9)10/h6-8H,1-5H3. The second kappa shape index (κ2) is 5.47. The van der Waals surface area contributed by atoms with Crippen molar-refractivity contribution in [2.45, 2.75) is 6.92 Å². The number of nitrogens with zero attached hydrogens (tertiary/aromatic N) is 2. The summed E-state index contributed by atoms with van der Waals surface area (Å²) < 4.78 is 11.0. The molecule has 0 unspecified atom stereocenters. The molecule has 6 heteroatoms. The summed E-state index contributed by atoms with van der Waals surface area (Å²) in [6.45, 7) is 1.75. The van der Waals surface area contributed by atoms with Gasteiger partial charge in [-0.25, -0.2) is 4.79 Å². The molecule has 0 atom stereocenters. The van der Waals surface area contributed by atoms with Gasteiger partial charge in [0, 0.05) is 39.8 Å². The monoisotopic (exact) mass is 290 g/mol. The lowest BCUT2D eigenvalue weighted by molar-refractivity contribution is 0.171. The van der Waals surface area contributed by atoms with E-state index in [1.165, 1.54) is 11.0 Å². The van der Waals surface area contributed by atoms with Crippen LogP contribution in [0.4, 0.5) is 10.7 Å². The van der Waals surface area contributed by atoms with Gasteiger partial charge >= 0.3 is 6.09 Å². The third-order valence-corrected chi connectivity index (χ3v) is 3.09. The van der Waals surface area contributed by atoms with Gasteiger partial charge in [0.1, 0.15) is 11.3 Å². The number of amides is 1. The van der Waals surface area contributed by atoms with Crippen LogP contribution in [0.15, 0.2) is 27.4 Å². The highest BCUT2D eigenvalue weighted by Gasteiger charge is 2.15. The molecule has 1 aromatic heterocycles. The largest absolute Gasteiger partial charge is 0.440 e. The van der Waals surface area contributed by atoms with Crippen LogP contribution < -0.4 is 15.1 Å². The van der Waals surface area contributed by atoms with E-state index in [1.54, 1.807) is 52.1 Å². The summed E-state index contributed by atoms with van der Waals surface area (Å²) in [6.07, 6.45) is -0.483. The third-order valence-electron chi connectivity index (χ3n) is 3.09. The molecule has 1 amide bonds. The van der Waals surface area contributed by atoms with Crippen LogP contribution in [-0.4, -0.2) is 39.2 Å². The Morgan fingerprint density at radius 3 is 2.43 bits per heavy atom. The molecular formula is C15H18N2O4. The minimum absolute atomic E-state index is 0.131. The van der Waals surface area contributed by atoms with Crippen molar-refractivity contribution in [3.63, 3.8) is 0 Å². The molecule has 0 spiro atoms. The van der Waals surface area contributed by atoms with Crippen molar-refractivity contribution < 1.29 is 13.9 Å². The first kappa shape index (κ1) is 14.9. The third kappa shape index (κ3) is 2.84. The fourth-order valence-electron chi connectivity index (χ4n) is 1.84. The van der Waals surface area contributed by atoms with Crippen molar-refractivity contribution >= 4 is 22.9 Å². The first-order valence-corrected chi connectivity index (χ1v) is 6.45. The Hall–Kier alpha value is -2.50. The Kier molecular flexibility index (Phi) is 3.88. The SMILES string of the molecule is Cc1c(OC(=O)N(C)C)ccc2c(=O)cc(N(C)C)oc12. The maximum atomic E-state index is 12.1. The van der Waals surface area contributed by atoms with Gasteiger partial charge in [-0.15, -0.1) is 0 Å². The van der Waals surface area contributed by atoms with Crippen molar-refractivity contribution in [3.8, 4) is 5.75 Å². The van der Waals surface area contributed by atoms with Gasteiger partial charge < -0.3 is 19.0 Å². The Labute approximate surface area is 122 Å². The number of fused-ring (bicyclic) bond motifs is 1. The van der Waals surface area contributed by atoms with Crippen molar-refractivity contribution in [3.05, 3.63) is 34.0 Å². The number of hydrogen-bond donors (Lipinski definition) is 0. The zero-order valence-electron chi connectivity index (χ0n) is 12.8. The van der Waals surface area contributed by atoms with Gasteiger partial charge in [0.05, 0.1) is 5.39 Å². The van der Waals surface area contributed by atoms with Crippen LogP contribution in [0, 0.1) is 6.92 Å². The Bertz CT molecular complexity index is 747. The summed E-state index contributed by atoms with van der Waals surface area (Å²) in [5.41, 5.74) is 0.910. The van der Waals surface area contributed by atoms with Gasteiger partial charge in [0.2, 0.25) is 0 Å². The van der Waals surface area contributed by atoms with Gasteiger partial charge in [-0.3, -0.25) is 4.79 Å². The summed E-state index contributed by atoms with van der Waals surface area (Å²) in [5.74, 6) is 0.826. The highest BCUT2D eigenvalue weighted by atomic mass is 16.6. The fraction of sp³-hybridized carbons (Fsp3) is 0.333. The van der Waals surface area contributed by atoms with Crippen molar-refractivity contribution in [1.29, 1.82) is 0 Å². The van der Waals surface area contributed by atoms with E-state index in [0.717, 1.165) is 0 Å². The predicted molar refractivity (Wildman–Crippen MR) is 81.3 cm³/mol. The predicted octanol–water partition coefficient (Wildman–Crippen LogP) is 2.23. The molecule has 0 saturated heterocycles. The van der Waals surface area contributed by atoms with Gasteiger partial charge in [0.25, 0.3) is 0 Å². The number of ether oxygens (including phenoxy) is 1. The van der Waals surface area contributed by atoms with E-state index in [0.29, 0.717) is 28.2 Å². The Balaban J connectivity index is 2.60. The van der Waals surface area contributed by atoms with Gasteiger partial charge in [-0.1, -0.05) is 0 Å². The number of benzene rings is 1. The molecule has 0 aliphatic carbocycles. The second-order valence-electron chi connectivity index (χ2n) is 5.17. The number of carbonyl (C=O) groups is 1. The smallest absolute Gasteiger partial charge is 0.414 e. The van der Waals surface area contributed by atoms with Crippen molar-refractivity contribution in [2.75, 3.05) is 33.1 Å². The molecule has 0 bridgehead atoms. The molecule has 112 valence electrons. The van der Waals surface area contributed by atoms with Crippen molar-refractivity contribution in [2.24, 2.45) is 0 Å². The Morgan fingerprint density at radius 2 is 1.86 bits per heavy atom. The maximum Gasteiger partial charge on any atom is 0.414 e. The molecule has 6 nitrogen and oxygen atoms in total. The topological polar surface area (TPSA) is 63.0 Å². The number of carbonyl (C=O) groups excluding carboxylic acids is 1. The van der Waals surface area contributed by atoms with Crippen LogP contribution in [-0.2, 0) is 0 Å². The normalized spacial score (nSPS) is 10.5. The van der Waals surface area contributed by atoms with Gasteiger partial charge in [0.15, 0.2) is 11.3 Å². The number of aryl methyl sites for hydroxylation is 1. The van der Waals surface area contributed by atoms with E-state index < -0.39 is 6.09 Å². The minimum atomic E-state index is -0.483. The summed E-state index contributed by atoms with van der Waals surface area (Å²) in [5, 5.41) is 0.461. The van der Waals surface area contributed by atoms with E-state index >= 15 is 0 Å². The first-order valence-electron chi connectivity index (χ1n) is 6.45. The molecule has 0 N–H and O–H groups in total. The van der Waals surface area contributed by atoms with Crippen LogP contribution >= 0.6 is 0 Å². The highest BCUT2D eigenvalue weighted by Crippen LogP contribution is 2.28. The quantitative estimate of drug-likeness (QED) is 0.848. The molecule has 0 fully saturated rings. The molecule has 0 aliphatic heterocycles. The zero-order valence-corrected chi connectivity index (χ0v) is 12.8. The van der Waals surface area contributed by atoms with E-state index in [2.05, 4.69) is 0 Å². The van der Waals surface area contributed by atoms with Crippen LogP contribution in [0.25, 0.3) is 11.0 Å². The average Bonchev–Trinajstić information content (AvgIpc) is 2.41. The van der Waals surface area contributed by atoms with E-state index in [9.17, 15) is 9.59 Å². The highest BCUT2D eigenvalue weighted by molar-refractivity contribution is 5.84. The summed E-state index contributed by atoms with van der Waals surface area (Å²) in [6, 6.07) is 4.64. The number of rotatable bonds is 2. The molecule has 0 aliphatic rings. The zero-order chi connectivity index (χ0) is 15.7. The first-order chi connectivity index (χ1) is 9.81. The van der Waals surface area contributed by atoms with Crippen LogP contribution in [0.2, 0.25) is 0 Å².